The van der Waals surface area contributed by atoms with Crippen molar-refractivity contribution in [1.29, 1.82) is 0 Å². The Labute approximate surface area is 142 Å². The summed E-state index contributed by atoms with van der Waals surface area (Å²) in [5.41, 5.74) is 0.505. The number of benzene rings is 1. The van der Waals surface area contributed by atoms with Crippen LogP contribution in [0.1, 0.15) is 16.8 Å². The molecule has 0 spiro atoms. The number of imide groups is 1. The second-order valence-electron chi connectivity index (χ2n) is 6.37. The van der Waals surface area contributed by atoms with Gasteiger partial charge in [-0.2, -0.15) is 0 Å². The molecule has 2 aliphatic carbocycles. The Morgan fingerprint density at radius 2 is 1.48 bits per heavy atom. The number of hydrogen-bond donors (Lipinski definition) is 1. The first-order valence-corrected chi connectivity index (χ1v) is 8.28. The van der Waals surface area contributed by atoms with E-state index in [1.54, 1.807) is 0 Å². The summed E-state index contributed by atoms with van der Waals surface area (Å²) in [5, 5.41) is 8.37. The first-order valence-electron chi connectivity index (χ1n) is 7.41. The first-order chi connectivity index (χ1) is 10.9. The van der Waals surface area contributed by atoms with Crippen LogP contribution in [0.5, 0.6) is 0 Å². The van der Waals surface area contributed by atoms with Gasteiger partial charge in [-0.1, -0.05) is 0 Å². The summed E-state index contributed by atoms with van der Waals surface area (Å²) in [6.07, 6.45) is 0.723. The molecule has 0 unspecified atom stereocenters. The molecule has 3 aliphatic rings. The lowest BCUT2D eigenvalue weighted by atomic mass is 9.80. The van der Waals surface area contributed by atoms with Gasteiger partial charge < -0.3 is 5.11 Å². The number of fused-ring (bicyclic) bond motifs is 5. The molecule has 1 aromatic rings. The minimum atomic E-state index is -1.06. The van der Waals surface area contributed by atoms with Crippen LogP contribution in [-0.2, 0) is 9.59 Å². The highest BCUT2D eigenvalue weighted by Gasteiger charge is 2.66. The van der Waals surface area contributed by atoms with E-state index in [-0.39, 0.29) is 40.0 Å². The quantitative estimate of drug-likeness (QED) is 0.654. The molecule has 23 heavy (non-hydrogen) atoms. The lowest BCUT2D eigenvalue weighted by molar-refractivity contribution is -0.123. The van der Waals surface area contributed by atoms with Gasteiger partial charge in [-0.3, -0.25) is 14.5 Å². The number of carbonyl (C=O) groups excluding carboxylic acids is 2. The molecule has 4 rings (SSSR count). The number of alkyl halides is 2. The number of amides is 2. The van der Waals surface area contributed by atoms with Crippen molar-refractivity contribution < 1.29 is 19.5 Å². The van der Waals surface area contributed by atoms with Gasteiger partial charge in [0.2, 0.25) is 11.8 Å². The zero-order valence-corrected chi connectivity index (χ0v) is 13.4. The van der Waals surface area contributed by atoms with Crippen molar-refractivity contribution in [2.45, 2.75) is 17.2 Å². The molecule has 0 radical (unpaired) electrons. The zero-order chi connectivity index (χ0) is 16.5. The van der Waals surface area contributed by atoms with E-state index in [1.165, 1.54) is 29.2 Å². The normalized spacial score (nSPS) is 38.3. The molecule has 1 aliphatic heterocycles. The van der Waals surface area contributed by atoms with Gasteiger partial charge in [-0.15, -0.1) is 23.2 Å². The van der Waals surface area contributed by atoms with Gasteiger partial charge in [0.15, 0.2) is 0 Å². The van der Waals surface area contributed by atoms with Gasteiger partial charge in [0.05, 0.1) is 33.8 Å². The molecule has 2 amide bonds. The molecule has 1 aromatic carbocycles. The van der Waals surface area contributed by atoms with Crippen molar-refractivity contribution in [3.8, 4) is 0 Å². The van der Waals surface area contributed by atoms with Crippen LogP contribution in [0.2, 0.25) is 0 Å². The fourth-order valence-corrected chi connectivity index (χ4v) is 5.25. The van der Waals surface area contributed by atoms with Gasteiger partial charge in [0.25, 0.3) is 0 Å². The summed E-state index contributed by atoms with van der Waals surface area (Å²) in [7, 11) is 0. The summed E-state index contributed by atoms with van der Waals surface area (Å²) < 4.78 is 0. The van der Waals surface area contributed by atoms with Gasteiger partial charge in [-0.25, -0.2) is 4.79 Å². The Morgan fingerprint density at radius 1 is 1.00 bits per heavy atom. The number of hydrogen-bond acceptors (Lipinski definition) is 3. The predicted octanol–water partition coefficient (Wildman–Crippen LogP) is 2.35. The van der Waals surface area contributed by atoms with E-state index in [9.17, 15) is 14.4 Å². The smallest absolute Gasteiger partial charge is 0.335 e. The van der Waals surface area contributed by atoms with Crippen molar-refractivity contribution in [1.82, 2.24) is 0 Å². The Balaban J connectivity index is 1.68. The van der Waals surface area contributed by atoms with Crippen LogP contribution >= 0.6 is 23.2 Å². The van der Waals surface area contributed by atoms with E-state index in [2.05, 4.69) is 0 Å². The molecule has 7 heteroatoms. The van der Waals surface area contributed by atoms with Crippen LogP contribution in [0, 0.1) is 23.7 Å². The third kappa shape index (κ3) is 1.90. The Kier molecular flexibility index (Phi) is 3.22. The number of carbonyl (C=O) groups is 3. The maximum absolute atomic E-state index is 12.7. The van der Waals surface area contributed by atoms with Crippen LogP contribution < -0.4 is 4.90 Å². The zero-order valence-electron chi connectivity index (χ0n) is 11.9. The minimum absolute atomic E-state index is 0.0612. The van der Waals surface area contributed by atoms with Crippen LogP contribution in [-0.4, -0.2) is 33.6 Å². The van der Waals surface area contributed by atoms with E-state index in [0.29, 0.717) is 5.69 Å². The van der Waals surface area contributed by atoms with Crippen LogP contribution in [0.25, 0.3) is 0 Å². The molecule has 1 heterocycles. The fraction of sp³-hybridized carbons (Fsp3) is 0.438. The third-order valence-corrected chi connectivity index (χ3v) is 6.68. The van der Waals surface area contributed by atoms with E-state index in [0.717, 1.165) is 6.42 Å². The molecule has 0 aromatic heterocycles. The summed E-state index contributed by atoms with van der Waals surface area (Å²) in [6.45, 7) is 0. The molecular formula is C16H13Cl2NO4. The van der Waals surface area contributed by atoms with Crippen molar-refractivity contribution in [3.05, 3.63) is 29.8 Å². The minimum Gasteiger partial charge on any atom is -0.478 e. The van der Waals surface area contributed by atoms with Gasteiger partial charge in [-0.05, 0) is 42.5 Å². The summed E-state index contributed by atoms with van der Waals surface area (Å²) >= 11 is 12.6. The van der Waals surface area contributed by atoms with Crippen molar-refractivity contribution in [3.63, 3.8) is 0 Å². The number of halogens is 2. The average Bonchev–Trinajstić information content (AvgIpc) is 3.12. The maximum atomic E-state index is 12.7. The molecule has 2 saturated carbocycles. The predicted molar refractivity (Wildman–Crippen MR) is 83.8 cm³/mol. The van der Waals surface area contributed by atoms with Crippen LogP contribution in [0.15, 0.2) is 24.3 Å². The highest BCUT2D eigenvalue weighted by molar-refractivity contribution is 6.32. The average molecular weight is 354 g/mol. The van der Waals surface area contributed by atoms with Gasteiger partial charge in [0.1, 0.15) is 0 Å². The second kappa shape index (κ2) is 4.95. The van der Waals surface area contributed by atoms with Crippen LogP contribution in [0.3, 0.4) is 0 Å². The molecule has 1 saturated heterocycles. The molecule has 3 fully saturated rings. The molecule has 1 N–H and O–H groups in total. The molecule has 2 bridgehead atoms. The summed E-state index contributed by atoms with van der Waals surface area (Å²) in [6, 6.07) is 5.74. The van der Waals surface area contributed by atoms with E-state index < -0.39 is 17.8 Å². The van der Waals surface area contributed by atoms with Gasteiger partial charge >= 0.3 is 5.97 Å². The van der Waals surface area contributed by atoms with Gasteiger partial charge in [0, 0.05) is 0 Å². The standard InChI is InChI=1S/C16H13Cl2NO4/c17-12-8-5-9(13(12)18)11-10(8)14(20)19(15(11)21)7-3-1-6(2-4-7)16(22)23/h1-4,8-13H,5H2,(H,22,23)/t8-,9-,10-,11-,12-,13+/m1/s1. The monoisotopic (exact) mass is 353 g/mol. The topological polar surface area (TPSA) is 74.7 Å². The number of aromatic carboxylic acids is 1. The van der Waals surface area contributed by atoms with E-state index in [4.69, 9.17) is 28.3 Å². The number of carboxylic acids is 1. The number of nitrogens with zero attached hydrogens (tertiary/aromatic N) is 1. The summed E-state index contributed by atoms with van der Waals surface area (Å²) in [5.74, 6) is -2.47. The SMILES string of the molecule is O=C(O)c1ccc(N2C(=O)[C@@H]3[C@H]4C[C@@H]([C@@H](Cl)[C@H]4Cl)[C@H]3C2=O)cc1. The largest absolute Gasteiger partial charge is 0.478 e. The third-order valence-electron chi connectivity index (χ3n) is 5.36. The Morgan fingerprint density at radius 3 is 1.91 bits per heavy atom. The maximum Gasteiger partial charge on any atom is 0.335 e. The lowest BCUT2D eigenvalue weighted by Crippen LogP contribution is -2.37. The van der Waals surface area contributed by atoms with Crippen molar-refractivity contribution >= 4 is 46.7 Å². The number of carboxylic acid groups (broad SMARTS) is 1. The molecule has 5 nitrogen and oxygen atoms in total. The lowest BCUT2D eigenvalue weighted by Gasteiger charge is -2.28. The fourth-order valence-electron chi connectivity index (χ4n) is 4.36. The Bertz CT molecular complexity index is 687. The number of anilines is 1. The molecular weight excluding hydrogens is 341 g/mol. The van der Waals surface area contributed by atoms with E-state index in [1.807, 2.05) is 0 Å². The van der Waals surface area contributed by atoms with Crippen LogP contribution in [0.4, 0.5) is 5.69 Å². The first kappa shape index (κ1) is 15.0. The van der Waals surface area contributed by atoms with Crippen molar-refractivity contribution in [2.75, 3.05) is 4.90 Å². The van der Waals surface area contributed by atoms with E-state index >= 15 is 0 Å². The molecule has 120 valence electrons. The molecule has 6 atom stereocenters. The van der Waals surface area contributed by atoms with Crippen molar-refractivity contribution in [2.24, 2.45) is 23.7 Å². The second-order valence-corrected chi connectivity index (χ2v) is 7.38. The number of rotatable bonds is 2. The highest BCUT2D eigenvalue weighted by Crippen LogP contribution is 2.59. The Hall–Kier alpha value is -1.59. The summed E-state index contributed by atoms with van der Waals surface area (Å²) in [4.78, 5) is 37.6. The highest BCUT2D eigenvalue weighted by atomic mass is 35.5.